The van der Waals surface area contributed by atoms with Gasteiger partial charge >= 0.3 is 0 Å². The molecule has 0 spiro atoms. The Labute approximate surface area is 107 Å². The summed E-state index contributed by atoms with van der Waals surface area (Å²) in [5.41, 5.74) is 7.77. The van der Waals surface area contributed by atoms with E-state index in [1.807, 2.05) is 23.1 Å². The first-order chi connectivity index (χ1) is 8.18. The van der Waals surface area contributed by atoms with E-state index in [0.717, 1.165) is 18.5 Å². The number of para-hydroxylation sites is 1. The number of fused-ring (bicyclic) bond motifs is 1. The van der Waals surface area contributed by atoms with E-state index in [2.05, 4.69) is 6.07 Å². The Balaban J connectivity index is 2.10. The molecule has 1 aliphatic rings. The van der Waals surface area contributed by atoms with Gasteiger partial charge in [0.1, 0.15) is 0 Å². The quantitative estimate of drug-likeness (QED) is 0.829. The number of nitrogens with two attached hydrogens (primary N) is 1. The van der Waals surface area contributed by atoms with E-state index in [-0.39, 0.29) is 5.91 Å². The van der Waals surface area contributed by atoms with E-state index in [1.54, 1.807) is 0 Å². The van der Waals surface area contributed by atoms with Crippen molar-refractivity contribution in [3.05, 3.63) is 29.8 Å². The Morgan fingerprint density at radius 3 is 2.88 bits per heavy atom. The van der Waals surface area contributed by atoms with Gasteiger partial charge in [-0.15, -0.1) is 0 Å². The minimum atomic E-state index is 0.201. The summed E-state index contributed by atoms with van der Waals surface area (Å²) in [6.07, 6.45) is 2.97. The smallest absolute Gasteiger partial charge is 0.227 e. The highest BCUT2D eigenvalue weighted by atomic mass is 32.1. The molecule has 90 valence electrons. The molecule has 17 heavy (non-hydrogen) atoms. The zero-order valence-corrected chi connectivity index (χ0v) is 10.5. The SMILES string of the molecule is NC(=S)CCCN1C(=O)CCc2ccccc21. The van der Waals surface area contributed by atoms with Gasteiger partial charge in [0.2, 0.25) is 5.91 Å². The van der Waals surface area contributed by atoms with Crippen molar-refractivity contribution in [3.63, 3.8) is 0 Å². The Morgan fingerprint density at radius 2 is 2.12 bits per heavy atom. The van der Waals surface area contributed by atoms with Crippen molar-refractivity contribution in [2.45, 2.75) is 25.7 Å². The van der Waals surface area contributed by atoms with Crippen LogP contribution in [0, 0.1) is 0 Å². The van der Waals surface area contributed by atoms with Gasteiger partial charge in [0, 0.05) is 18.7 Å². The van der Waals surface area contributed by atoms with Crippen LogP contribution in [-0.4, -0.2) is 17.4 Å². The van der Waals surface area contributed by atoms with Crippen LogP contribution in [0.3, 0.4) is 0 Å². The van der Waals surface area contributed by atoms with Crippen LogP contribution in [0.25, 0.3) is 0 Å². The van der Waals surface area contributed by atoms with Crippen LogP contribution in [0.4, 0.5) is 5.69 Å². The van der Waals surface area contributed by atoms with E-state index >= 15 is 0 Å². The van der Waals surface area contributed by atoms with Crippen LogP contribution in [0.5, 0.6) is 0 Å². The molecule has 0 unspecified atom stereocenters. The second-order valence-corrected chi connectivity index (χ2v) is 4.77. The number of hydrogen-bond donors (Lipinski definition) is 1. The lowest BCUT2D eigenvalue weighted by molar-refractivity contribution is -0.118. The van der Waals surface area contributed by atoms with E-state index in [1.165, 1.54) is 5.56 Å². The zero-order chi connectivity index (χ0) is 12.3. The summed E-state index contributed by atoms with van der Waals surface area (Å²) in [5.74, 6) is 0.201. The number of carbonyl (C=O) groups excluding carboxylic acids is 1. The van der Waals surface area contributed by atoms with Gasteiger partial charge in [-0.2, -0.15) is 0 Å². The first-order valence-corrected chi connectivity index (χ1v) is 6.26. The maximum Gasteiger partial charge on any atom is 0.227 e. The Hall–Kier alpha value is -1.42. The maximum absolute atomic E-state index is 11.9. The first-order valence-electron chi connectivity index (χ1n) is 5.85. The highest BCUT2D eigenvalue weighted by Gasteiger charge is 2.22. The molecule has 2 N–H and O–H groups in total. The van der Waals surface area contributed by atoms with Crippen molar-refractivity contribution >= 4 is 28.8 Å². The van der Waals surface area contributed by atoms with E-state index in [4.69, 9.17) is 18.0 Å². The number of hydrogen-bond acceptors (Lipinski definition) is 2. The topological polar surface area (TPSA) is 46.3 Å². The highest BCUT2D eigenvalue weighted by molar-refractivity contribution is 7.80. The molecule has 0 aromatic heterocycles. The van der Waals surface area contributed by atoms with Crippen molar-refractivity contribution < 1.29 is 4.79 Å². The minimum absolute atomic E-state index is 0.201. The van der Waals surface area contributed by atoms with Gasteiger partial charge in [-0.3, -0.25) is 4.79 Å². The fourth-order valence-corrected chi connectivity index (χ4v) is 2.30. The second-order valence-electron chi connectivity index (χ2n) is 4.24. The zero-order valence-electron chi connectivity index (χ0n) is 9.69. The largest absolute Gasteiger partial charge is 0.393 e. The molecule has 0 fully saturated rings. The monoisotopic (exact) mass is 248 g/mol. The van der Waals surface area contributed by atoms with Crippen LogP contribution in [0.2, 0.25) is 0 Å². The number of benzene rings is 1. The lowest BCUT2D eigenvalue weighted by atomic mass is 10.0. The number of nitrogens with zero attached hydrogens (tertiary/aromatic N) is 1. The predicted octanol–water partition coefficient (Wildman–Crippen LogP) is 2.03. The summed E-state index contributed by atoms with van der Waals surface area (Å²) >= 11 is 4.84. The molecule has 1 heterocycles. The van der Waals surface area contributed by atoms with Crippen molar-refractivity contribution in [1.29, 1.82) is 0 Å². The van der Waals surface area contributed by atoms with Gasteiger partial charge in [0.05, 0.1) is 4.99 Å². The van der Waals surface area contributed by atoms with Crippen molar-refractivity contribution in [2.75, 3.05) is 11.4 Å². The maximum atomic E-state index is 11.9. The predicted molar refractivity (Wildman–Crippen MR) is 73.1 cm³/mol. The van der Waals surface area contributed by atoms with Crippen LogP contribution < -0.4 is 10.6 Å². The van der Waals surface area contributed by atoms with Crippen molar-refractivity contribution in [3.8, 4) is 0 Å². The Morgan fingerprint density at radius 1 is 1.35 bits per heavy atom. The number of anilines is 1. The molecule has 3 nitrogen and oxygen atoms in total. The molecule has 0 saturated heterocycles. The molecular formula is C13H16N2OS. The summed E-state index contributed by atoms with van der Waals surface area (Å²) in [6, 6.07) is 8.08. The van der Waals surface area contributed by atoms with Crippen molar-refractivity contribution in [1.82, 2.24) is 0 Å². The molecule has 4 heteroatoms. The lowest BCUT2D eigenvalue weighted by Gasteiger charge is -2.29. The summed E-state index contributed by atoms with van der Waals surface area (Å²) in [5, 5.41) is 0. The molecule has 0 aliphatic carbocycles. The van der Waals surface area contributed by atoms with E-state index in [0.29, 0.717) is 24.4 Å². The molecule has 1 aromatic rings. The average Bonchev–Trinajstić information content (AvgIpc) is 2.32. The number of aryl methyl sites for hydroxylation is 1. The van der Waals surface area contributed by atoms with Gasteiger partial charge in [-0.25, -0.2) is 0 Å². The molecule has 1 aromatic carbocycles. The van der Waals surface area contributed by atoms with Crippen LogP contribution in [0.15, 0.2) is 24.3 Å². The van der Waals surface area contributed by atoms with Gasteiger partial charge in [-0.05, 0) is 30.9 Å². The molecular weight excluding hydrogens is 232 g/mol. The number of amides is 1. The number of rotatable bonds is 4. The van der Waals surface area contributed by atoms with E-state index in [9.17, 15) is 4.79 Å². The molecule has 0 radical (unpaired) electrons. The van der Waals surface area contributed by atoms with Crippen LogP contribution in [0.1, 0.15) is 24.8 Å². The molecule has 2 rings (SSSR count). The standard InChI is InChI=1S/C13H16N2OS/c14-12(17)6-3-9-15-11-5-2-1-4-10(11)7-8-13(15)16/h1-2,4-5H,3,6-9H2,(H2,14,17). The number of carbonyl (C=O) groups is 1. The normalized spacial score (nSPS) is 14.6. The summed E-state index contributed by atoms with van der Waals surface area (Å²) in [7, 11) is 0. The fourth-order valence-electron chi connectivity index (χ4n) is 2.15. The van der Waals surface area contributed by atoms with E-state index < -0.39 is 0 Å². The highest BCUT2D eigenvalue weighted by Crippen LogP contribution is 2.27. The van der Waals surface area contributed by atoms with Gasteiger partial charge in [0.25, 0.3) is 0 Å². The average molecular weight is 248 g/mol. The Bertz CT molecular complexity index is 445. The van der Waals surface area contributed by atoms with Gasteiger partial charge in [0.15, 0.2) is 0 Å². The molecule has 0 atom stereocenters. The lowest BCUT2D eigenvalue weighted by Crippen LogP contribution is -2.36. The Kier molecular flexibility index (Phi) is 3.74. The minimum Gasteiger partial charge on any atom is -0.393 e. The van der Waals surface area contributed by atoms with Gasteiger partial charge < -0.3 is 10.6 Å². The third kappa shape index (κ3) is 2.82. The number of thiocarbonyl (C=S) groups is 1. The molecule has 1 amide bonds. The van der Waals surface area contributed by atoms with Crippen molar-refractivity contribution in [2.24, 2.45) is 5.73 Å². The third-order valence-electron chi connectivity index (χ3n) is 3.00. The second kappa shape index (κ2) is 5.27. The summed E-state index contributed by atoms with van der Waals surface area (Å²) < 4.78 is 0. The van der Waals surface area contributed by atoms with Crippen LogP contribution in [-0.2, 0) is 11.2 Å². The van der Waals surface area contributed by atoms with Crippen LogP contribution >= 0.6 is 12.2 Å². The summed E-state index contributed by atoms with van der Waals surface area (Å²) in [6.45, 7) is 0.702. The van der Waals surface area contributed by atoms with Gasteiger partial charge in [-0.1, -0.05) is 30.4 Å². The summed E-state index contributed by atoms with van der Waals surface area (Å²) in [4.78, 5) is 14.3. The molecule has 1 aliphatic heterocycles. The third-order valence-corrected chi connectivity index (χ3v) is 3.20. The molecule has 0 bridgehead atoms. The first kappa shape index (κ1) is 12.0. The fraction of sp³-hybridized carbons (Fsp3) is 0.385. The molecule has 0 saturated carbocycles.